The Morgan fingerprint density at radius 2 is 1.85 bits per heavy atom. The van der Waals surface area contributed by atoms with E-state index < -0.39 is 10.0 Å². The second-order valence-electron chi connectivity index (χ2n) is 4.47. The molecule has 5 nitrogen and oxygen atoms in total. The van der Waals surface area contributed by atoms with Crippen LogP contribution in [0.15, 0.2) is 29.2 Å². The van der Waals surface area contributed by atoms with Gasteiger partial charge in [-0.3, -0.25) is 0 Å². The van der Waals surface area contributed by atoms with Crippen molar-refractivity contribution in [1.29, 1.82) is 5.26 Å². The number of rotatable bonds is 8. The van der Waals surface area contributed by atoms with Crippen LogP contribution in [0.3, 0.4) is 0 Å². The van der Waals surface area contributed by atoms with Crippen molar-refractivity contribution in [3.8, 4) is 6.07 Å². The zero-order valence-corrected chi connectivity index (χ0v) is 12.8. The first-order valence-electron chi connectivity index (χ1n) is 6.75. The van der Waals surface area contributed by atoms with Gasteiger partial charge in [-0.1, -0.05) is 13.8 Å². The molecule has 0 bridgehead atoms. The van der Waals surface area contributed by atoms with E-state index in [-0.39, 0.29) is 4.90 Å². The summed E-state index contributed by atoms with van der Waals surface area (Å²) in [7, 11) is -3.49. The van der Waals surface area contributed by atoms with Gasteiger partial charge in [-0.2, -0.15) is 5.26 Å². The maximum absolute atomic E-state index is 12.0. The van der Waals surface area contributed by atoms with Crippen molar-refractivity contribution in [2.24, 2.45) is 0 Å². The average molecular weight is 295 g/mol. The second-order valence-corrected chi connectivity index (χ2v) is 6.24. The highest BCUT2D eigenvalue weighted by Crippen LogP contribution is 2.09. The number of hydrogen-bond donors (Lipinski definition) is 1. The maximum atomic E-state index is 12.0. The lowest BCUT2D eigenvalue weighted by molar-refractivity contribution is 0.293. The monoisotopic (exact) mass is 295 g/mol. The third-order valence-corrected chi connectivity index (χ3v) is 4.48. The first kappa shape index (κ1) is 16.6. The molecule has 6 heteroatoms. The van der Waals surface area contributed by atoms with E-state index in [4.69, 9.17) is 5.26 Å². The number of nitrogens with one attached hydrogen (secondary N) is 1. The fourth-order valence-corrected chi connectivity index (χ4v) is 2.90. The minimum atomic E-state index is -3.49. The van der Waals surface area contributed by atoms with Crippen molar-refractivity contribution in [2.45, 2.75) is 25.2 Å². The Labute approximate surface area is 121 Å². The molecule has 1 aromatic carbocycles. The molecule has 0 spiro atoms. The Balaban J connectivity index is 2.59. The van der Waals surface area contributed by atoms with Gasteiger partial charge in [-0.25, -0.2) is 13.1 Å². The highest BCUT2D eigenvalue weighted by Gasteiger charge is 2.13. The molecule has 0 saturated carbocycles. The van der Waals surface area contributed by atoms with Gasteiger partial charge in [0.05, 0.1) is 16.5 Å². The van der Waals surface area contributed by atoms with Crippen LogP contribution >= 0.6 is 0 Å². The average Bonchev–Trinajstić information content (AvgIpc) is 2.46. The Kier molecular flexibility index (Phi) is 6.65. The lowest BCUT2D eigenvalue weighted by atomic mass is 10.2. The van der Waals surface area contributed by atoms with E-state index in [9.17, 15) is 8.42 Å². The van der Waals surface area contributed by atoms with E-state index in [0.717, 1.165) is 19.5 Å². The fourth-order valence-electron chi connectivity index (χ4n) is 1.87. The Bertz CT molecular complexity index is 547. The van der Waals surface area contributed by atoms with Crippen molar-refractivity contribution in [3.05, 3.63) is 29.8 Å². The van der Waals surface area contributed by atoms with E-state index in [1.165, 1.54) is 24.3 Å². The Hall–Kier alpha value is -1.42. The van der Waals surface area contributed by atoms with Crippen LogP contribution in [0.4, 0.5) is 0 Å². The molecule has 0 unspecified atom stereocenters. The summed E-state index contributed by atoms with van der Waals surface area (Å²) in [6, 6.07) is 7.87. The molecule has 0 aliphatic heterocycles. The maximum Gasteiger partial charge on any atom is 0.240 e. The minimum Gasteiger partial charge on any atom is -0.302 e. The topological polar surface area (TPSA) is 73.2 Å². The number of nitrogens with zero attached hydrogens (tertiary/aromatic N) is 2. The predicted octanol–water partition coefficient (Wildman–Crippen LogP) is 1.57. The first-order chi connectivity index (χ1) is 9.53. The predicted molar refractivity (Wildman–Crippen MR) is 78.8 cm³/mol. The molecule has 0 atom stereocenters. The van der Waals surface area contributed by atoms with Gasteiger partial charge in [0, 0.05) is 13.1 Å². The molecule has 0 saturated heterocycles. The third-order valence-electron chi connectivity index (χ3n) is 3.00. The summed E-state index contributed by atoms with van der Waals surface area (Å²) in [4.78, 5) is 2.39. The zero-order valence-electron chi connectivity index (χ0n) is 12.0. The van der Waals surface area contributed by atoms with Crippen molar-refractivity contribution < 1.29 is 8.42 Å². The van der Waals surface area contributed by atoms with Gasteiger partial charge in [-0.15, -0.1) is 0 Å². The van der Waals surface area contributed by atoms with Crippen molar-refractivity contribution in [3.63, 3.8) is 0 Å². The molecule has 110 valence electrons. The molecule has 1 aromatic rings. The highest BCUT2D eigenvalue weighted by atomic mass is 32.2. The van der Waals surface area contributed by atoms with Gasteiger partial charge in [0.25, 0.3) is 0 Å². The first-order valence-corrected chi connectivity index (χ1v) is 8.24. The number of benzene rings is 1. The molecular formula is C14H21N3O2S. The van der Waals surface area contributed by atoms with Crippen LogP contribution in [0, 0.1) is 11.3 Å². The van der Waals surface area contributed by atoms with Crippen LogP contribution in [0.2, 0.25) is 0 Å². The quantitative estimate of drug-likeness (QED) is 0.790. The highest BCUT2D eigenvalue weighted by molar-refractivity contribution is 7.89. The molecule has 20 heavy (non-hydrogen) atoms. The molecule has 1 rings (SSSR count). The van der Waals surface area contributed by atoms with Gasteiger partial charge in [0.15, 0.2) is 0 Å². The largest absolute Gasteiger partial charge is 0.302 e. The normalized spacial score (nSPS) is 11.5. The van der Waals surface area contributed by atoms with Gasteiger partial charge < -0.3 is 4.90 Å². The molecule has 0 heterocycles. The molecular weight excluding hydrogens is 274 g/mol. The summed E-state index contributed by atoms with van der Waals surface area (Å²) in [5.74, 6) is 0. The zero-order chi connectivity index (χ0) is 15.0. The van der Waals surface area contributed by atoms with Gasteiger partial charge in [0.1, 0.15) is 0 Å². The van der Waals surface area contributed by atoms with Crippen LogP contribution < -0.4 is 4.72 Å². The summed E-state index contributed by atoms with van der Waals surface area (Å²) in [6.45, 7) is 7.12. The summed E-state index contributed by atoms with van der Waals surface area (Å²) in [6.07, 6.45) is 1.05. The van der Waals surface area contributed by atoms with Crippen LogP contribution in [0.1, 0.15) is 25.8 Å². The van der Waals surface area contributed by atoms with Crippen molar-refractivity contribution in [1.82, 2.24) is 9.62 Å². The number of nitriles is 1. The number of sulfonamides is 1. The molecule has 0 amide bonds. The molecule has 0 aliphatic rings. The Morgan fingerprint density at radius 1 is 1.20 bits per heavy atom. The van der Waals surface area contributed by atoms with Crippen LogP contribution in [0.5, 0.6) is 0 Å². The molecule has 1 N–H and O–H groups in total. The fraction of sp³-hybridized carbons (Fsp3) is 0.500. The van der Waals surface area contributed by atoms with E-state index in [1.807, 2.05) is 6.07 Å². The van der Waals surface area contributed by atoms with E-state index in [0.29, 0.717) is 18.7 Å². The Morgan fingerprint density at radius 3 is 2.35 bits per heavy atom. The van der Waals surface area contributed by atoms with E-state index in [1.54, 1.807) is 0 Å². The summed E-state index contributed by atoms with van der Waals surface area (Å²) >= 11 is 0. The standard InChI is InChI=1S/C14H21N3O2S/c1-3-10-17(4-2)11-9-16-20(18,19)14-7-5-13(12-15)6-8-14/h5-8,16H,3-4,9-11H2,1-2H3. The number of hydrogen-bond acceptors (Lipinski definition) is 4. The van der Waals surface area contributed by atoms with Crippen molar-refractivity contribution in [2.75, 3.05) is 26.2 Å². The second kappa shape index (κ2) is 8.00. The minimum absolute atomic E-state index is 0.190. The smallest absolute Gasteiger partial charge is 0.240 e. The third kappa shape index (κ3) is 4.93. The summed E-state index contributed by atoms with van der Waals surface area (Å²) in [5.41, 5.74) is 0.448. The van der Waals surface area contributed by atoms with Gasteiger partial charge in [-0.05, 0) is 43.8 Å². The summed E-state index contributed by atoms with van der Waals surface area (Å²) in [5, 5.41) is 8.69. The van der Waals surface area contributed by atoms with Crippen molar-refractivity contribution >= 4 is 10.0 Å². The SMILES string of the molecule is CCCN(CC)CCNS(=O)(=O)c1ccc(C#N)cc1. The molecule has 0 fully saturated rings. The van der Waals surface area contributed by atoms with Crippen LogP contribution in [-0.2, 0) is 10.0 Å². The van der Waals surface area contributed by atoms with Crippen LogP contribution in [-0.4, -0.2) is 39.5 Å². The molecule has 0 aliphatic carbocycles. The summed E-state index contributed by atoms with van der Waals surface area (Å²) < 4.78 is 26.7. The lowest BCUT2D eigenvalue weighted by Gasteiger charge is -2.19. The lowest BCUT2D eigenvalue weighted by Crippen LogP contribution is -2.35. The molecule has 0 radical (unpaired) electrons. The van der Waals surface area contributed by atoms with Gasteiger partial charge in [0.2, 0.25) is 10.0 Å². The van der Waals surface area contributed by atoms with Crippen LogP contribution in [0.25, 0.3) is 0 Å². The molecule has 0 aromatic heterocycles. The van der Waals surface area contributed by atoms with Gasteiger partial charge >= 0.3 is 0 Å². The van der Waals surface area contributed by atoms with E-state index in [2.05, 4.69) is 23.5 Å². The number of likely N-dealkylation sites (N-methyl/N-ethyl adjacent to an activating group) is 1. The van der Waals surface area contributed by atoms with E-state index >= 15 is 0 Å².